The van der Waals surface area contributed by atoms with Crippen LogP contribution >= 0.6 is 11.6 Å². The smallest absolute Gasteiger partial charge is 0.453 e. The third-order valence-corrected chi connectivity index (χ3v) is 6.20. The van der Waals surface area contributed by atoms with Gasteiger partial charge in [0.25, 0.3) is 5.76 Å². The van der Waals surface area contributed by atoms with Gasteiger partial charge in [-0.1, -0.05) is 23.7 Å². The second-order valence-corrected chi connectivity index (χ2v) is 8.45. The van der Waals surface area contributed by atoms with Gasteiger partial charge in [-0.05, 0) is 50.5 Å². The SMILES string of the molecule is C[C@@H]1CCCC[NH+]1Cc1c(O)ccc2c(=O)c(Oc3ccccc3Cl)c(C(F)(F)F)oc12. The quantitative estimate of drug-likeness (QED) is 0.570. The molecular formula is C23H22ClF3NO4+. The molecule has 2 atom stereocenters. The number of phenolic OH excluding ortho intramolecular Hbond substituents is 1. The summed E-state index contributed by atoms with van der Waals surface area (Å²) in [6.07, 6.45) is -1.95. The maximum Gasteiger partial charge on any atom is 0.453 e. The summed E-state index contributed by atoms with van der Waals surface area (Å²) in [7, 11) is 0. The highest BCUT2D eigenvalue weighted by Gasteiger charge is 2.41. The summed E-state index contributed by atoms with van der Waals surface area (Å²) in [6.45, 7) is 3.12. The highest BCUT2D eigenvalue weighted by Crippen LogP contribution is 2.40. The van der Waals surface area contributed by atoms with E-state index in [-0.39, 0.29) is 45.6 Å². The Kier molecular flexibility index (Phi) is 6.09. The second kappa shape index (κ2) is 8.67. The molecule has 1 fully saturated rings. The van der Waals surface area contributed by atoms with Gasteiger partial charge >= 0.3 is 6.18 Å². The normalized spacial score (nSPS) is 19.3. The van der Waals surface area contributed by atoms with Crippen LogP contribution in [0.4, 0.5) is 13.2 Å². The number of benzene rings is 2. The summed E-state index contributed by atoms with van der Waals surface area (Å²) in [5.74, 6) is -2.87. The summed E-state index contributed by atoms with van der Waals surface area (Å²) in [4.78, 5) is 14.2. The number of aromatic hydroxyl groups is 1. The minimum absolute atomic E-state index is 0.0502. The molecule has 1 saturated heterocycles. The van der Waals surface area contributed by atoms with Gasteiger partial charge in [0, 0.05) is 0 Å². The molecule has 1 aromatic heterocycles. The monoisotopic (exact) mass is 468 g/mol. The van der Waals surface area contributed by atoms with Crippen molar-refractivity contribution in [1.29, 1.82) is 0 Å². The first-order chi connectivity index (χ1) is 15.2. The molecule has 0 saturated carbocycles. The van der Waals surface area contributed by atoms with Gasteiger partial charge in [-0.2, -0.15) is 13.2 Å². The number of alkyl halides is 3. The van der Waals surface area contributed by atoms with Crippen molar-refractivity contribution < 1.29 is 32.3 Å². The molecule has 3 aromatic rings. The summed E-state index contributed by atoms with van der Waals surface area (Å²) >= 11 is 6.00. The fourth-order valence-corrected chi connectivity index (χ4v) is 4.29. The highest BCUT2D eigenvalue weighted by atomic mass is 35.5. The lowest BCUT2D eigenvalue weighted by molar-refractivity contribution is -0.941. The van der Waals surface area contributed by atoms with Gasteiger partial charge in [0.2, 0.25) is 11.2 Å². The number of nitrogens with one attached hydrogen (secondary N) is 1. The van der Waals surface area contributed by atoms with Crippen LogP contribution in [0.3, 0.4) is 0 Å². The lowest BCUT2D eigenvalue weighted by Gasteiger charge is -2.30. The lowest BCUT2D eigenvalue weighted by atomic mass is 10.0. The molecule has 170 valence electrons. The predicted molar refractivity (Wildman–Crippen MR) is 114 cm³/mol. The largest absolute Gasteiger partial charge is 0.507 e. The summed E-state index contributed by atoms with van der Waals surface area (Å²) < 4.78 is 52.3. The molecule has 1 aliphatic heterocycles. The fourth-order valence-electron chi connectivity index (χ4n) is 4.12. The van der Waals surface area contributed by atoms with Gasteiger partial charge in [-0.15, -0.1) is 0 Å². The molecule has 5 nitrogen and oxygen atoms in total. The fraction of sp³-hybridized carbons (Fsp3) is 0.348. The number of hydrogen-bond donors (Lipinski definition) is 2. The topological polar surface area (TPSA) is 64.1 Å². The van der Waals surface area contributed by atoms with Crippen LogP contribution < -0.4 is 15.1 Å². The number of fused-ring (bicyclic) bond motifs is 1. The van der Waals surface area contributed by atoms with Gasteiger partial charge in [-0.3, -0.25) is 4.79 Å². The molecule has 0 radical (unpaired) electrons. The first-order valence-electron chi connectivity index (χ1n) is 10.3. The Labute approximate surface area is 187 Å². The van der Waals surface area contributed by atoms with E-state index in [4.69, 9.17) is 20.8 Å². The van der Waals surface area contributed by atoms with E-state index in [1.54, 1.807) is 6.07 Å². The molecule has 9 heteroatoms. The third-order valence-electron chi connectivity index (χ3n) is 5.89. The molecule has 0 aliphatic carbocycles. The molecule has 2 N–H and O–H groups in total. The summed E-state index contributed by atoms with van der Waals surface area (Å²) in [6, 6.07) is 8.72. The van der Waals surface area contributed by atoms with Crippen LogP contribution in [0.15, 0.2) is 45.6 Å². The van der Waals surface area contributed by atoms with Crippen molar-refractivity contribution in [3.05, 3.63) is 63.0 Å². The number of hydrogen-bond acceptors (Lipinski definition) is 4. The van der Waals surface area contributed by atoms with Crippen molar-refractivity contribution in [2.45, 2.75) is 44.9 Å². The number of ether oxygens (including phenoxy) is 1. The number of halogens is 4. The zero-order valence-corrected chi connectivity index (χ0v) is 18.0. The lowest BCUT2D eigenvalue weighted by Crippen LogP contribution is -3.14. The second-order valence-electron chi connectivity index (χ2n) is 8.04. The number of piperidine rings is 1. The third kappa shape index (κ3) is 4.29. The first-order valence-corrected chi connectivity index (χ1v) is 10.7. The Morgan fingerprint density at radius 2 is 1.97 bits per heavy atom. The van der Waals surface area contributed by atoms with Crippen molar-refractivity contribution >= 4 is 22.6 Å². The predicted octanol–water partition coefficient (Wildman–Crippen LogP) is 4.92. The minimum Gasteiger partial charge on any atom is -0.507 e. The van der Waals surface area contributed by atoms with E-state index in [9.17, 15) is 23.1 Å². The minimum atomic E-state index is -5.00. The average Bonchev–Trinajstić information content (AvgIpc) is 2.74. The van der Waals surface area contributed by atoms with Crippen molar-refractivity contribution in [3.8, 4) is 17.2 Å². The molecule has 0 amide bonds. The van der Waals surface area contributed by atoms with Crippen LogP contribution in [0, 0.1) is 0 Å². The zero-order chi connectivity index (χ0) is 23.0. The van der Waals surface area contributed by atoms with Crippen molar-refractivity contribution in [1.82, 2.24) is 0 Å². The van der Waals surface area contributed by atoms with Crippen LogP contribution in [0.1, 0.15) is 37.5 Å². The van der Waals surface area contributed by atoms with E-state index < -0.39 is 23.1 Å². The Morgan fingerprint density at radius 1 is 1.22 bits per heavy atom. The zero-order valence-electron chi connectivity index (χ0n) is 17.3. The van der Waals surface area contributed by atoms with Gasteiger partial charge < -0.3 is 19.2 Å². The Hall–Kier alpha value is -2.71. The molecule has 0 bridgehead atoms. The maximum atomic E-state index is 13.9. The van der Waals surface area contributed by atoms with Crippen LogP contribution in [0.2, 0.25) is 5.02 Å². The molecule has 2 aromatic carbocycles. The molecule has 1 unspecified atom stereocenters. The molecule has 2 heterocycles. The Morgan fingerprint density at radius 3 is 2.66 bits per heavy atom. The van der Waals surface area contributed by atoms with Crippen LogP contribution in [-0.4, -0.2) is 17.7 Å². The molecule has 4 rings (SSSR count). The van der Waals surface area contributed by atoms with Gasteiger partial charge in [0.1, 0.15) is 18.0 Å². The van der Waals surface area contributed by atoms with Crippen molar-refractivity contribution in [3.63, 3.8) is 0 Å². The van der Waals surface area contributed by atoms with Crippen LogP contribution in [0.25, 0.3) is 11.0 Å². The number of likely N-dealkylation sites (tertiary alicyclic amines) is 1. The van der Waals surface area contributed by atoms with Crippen molar-refractivity contribution in [2.24, 2.45) is 0 Å². The molecular weight excluding hydrogens is 447 g/mol. The van der Waals surface area contributed by atoms with Gasteiger partial charge in [-0.25, -0.2) is 0 Å². The van der Waals surface area contributed by atoms with E-state index in [0.717, 1.165) is 30.7 Å². The van der Waals surface area contributed by atoms with E-state index in [2.05, 4.69) is 6.92 Å². The van der Waals surface area contributed by atoms with Gasteiger partial charge in [0.15, 0.2) is 5.58 Å². The number of phenols is 1. The highest BCUT2D eigenvalue weighted by molar-refractivity contribution is 6.32. The van der Waals surface area contributed by atoms with Crippen LogP contribution in [-0.2, 0) is 12.7 Å². The molecule has 1 aliphatic rings. The van der Waals surface area contributed by atoms with E-state index in [1.165, 1.54) is 30.3 Å². The van der Waals surface area contributed by atoms with Crippen LogP contribution in [0.5, 0.6) is 17.2 Å². The van der Waals surface area contributed by atoms with E-state index in [0.29, 0.717) is 0 Å². The first kappa shape index (κ1) is 22.5. The van der Waals surface area contributed by atoms with E-state index >= 15 is 0 Å². The number of quaternary nitrogens is 1. The maximum absolute atomic E-state index is 13.9. The molecule has 32 heavy (non-hydrogen) atoms. The summed E-state index contributed by atoms with van der Waals surface area (Å²) in [5, 5.41) is 10.4. The number of para-hydroxylation sites is 1. The Bertz CT molecular complexity index is 1210. The average molecular weight is 469 g/mol. The summed E-state index contributed by atoms with van der Waals surface area (Å²) in [5.41, 5.74) is -1.08. The standard InChI is InChI=1S/C23H21ClF3NO4/c1-13-6-4-5-11-28(13)12-15-17(29)10-9-14-19(30)21(22(23(25,26)27)32-20(14)15)31-18-8-3-2-7-16(18)24/h2-3,7-10,13,29H,4-6,11-12H2,1H3/p+1/t13-/m1/s1. The number of rotatable bonds is 4. The van der Waals surface area contributed by atoms with E-state index in [1.807, 2.05) is 0 Å². The van der Waals surface area contributed by atoms with Crippen molar-refractivity contribution in [2.75, 3.05) is 6.54 Å². The Balaban J connectivity index is 1.89. The molecule has 0 spiro atoms. The van der Waals surface area contributed by atoms with Gasteiger partial charge in [0.05, 0.1) is 28.6 Å².